The molecule has 0 radical (unpaired) electrons. The van der Waals surface area contributed by atoms with Crippen LogP contribution >= 0.6 is 0 Å². The number of hydrogen-bond acceptors (Lipinski definition) is 1. The van der Waals surface area contributed by atoms with Crippen LogP contribution < -0.4 is 0 Å². The van der Waals surface area contributed by atoms with Gasteiger partial charge in [-0.15, -0.1) is 0 Å². The molecule has 0 fully saturated rings. The summed E-state index contributed by atoms with van der Waals surface area (Å²) in [5.74, 6) is 0. The predicted octanol–water partition coefficient (Wildman–Crippen LogP) is 5.19. The minimum atomic E-state index is -4.72. The first-order chi connectivity index (χ1) is 11.7. The quantitative estimate of drug-likeness (QED) is 0.760. The molecule has 1 heterocycles. The van der Waals surface area contributed by atoms with Gasteiger partial charge in [0.2, 0.25) is 0 Å². The third-order valence-corrected chi connectivity index (χ3v) is 3.11. The Bertz CT molecular complexity index is 763. The first kappa shape index (κ1) is 9.98. The van der Waals surface area contributed by atoms with Crippen LogP contribution in [0.3, 0.4) is 0 Å². The molecule has 4 heteroatoms. The summed E-state index contributed by atoms with van der Waals surface area (Å²) in [5.41, 5.74) is -1.61. The standard InChI is InChI=1S/C17H18F3N/c1-12-4-7-14(8-5-12)15-9-6-13(11-21-15)10-16(2,3)17(18,19)20/h4-9,11H,10H2,1-3H3/i1D3,10D2. The maximum atomic E-state index is 13.2. The number of rotatable bonds is 3. The van der Waals surface area contributed by atoms with Crippen LogP contribution in [-0.4, -0.2) is 11.2 Å². The number of benzene rings is 1. The Balaban J connectivity index is 2.34. The van der Waals surface area contributed by atoms with Crippen LogP contribution in [0.2, 0.25) is 0 Å². The van der Waals surface area contributed by atoms with Crippen molar-refractivity contribution < 1.29 is 20.0 Å². The molecule has 0 N–H and O–H groups in total. The summed E-state index contributed by atoms with van der Waals surface area (Å²) in [4.78, 5) is 4.05. The third-order valence-electron chi connectivity index (χ3n) is 3.11. The van der Waals surface area contributed by atoms with E-state index >= 15 is 0 Å². The highest BCUT2D eigenvalue weighted by Gasteiger charge is 2.46. The van der Waals surface area contributed by atoms with Gasteiger partial charge in [-0.2, -0.15) is 13.2 Å². The molecule has 0 unspecified atom stereocenters. The van der Waals surface area contributed by atoms with E-state index in [9.17, 15) is 13.2 Å². The van der Waals surface area contributed by atoms with Crippen molar-refractivity contribution in [1.29, 1.82) is 0 Å². The SMILES string of the molecule is [2H]C([2H])([2H])c1ccc(-c2ccc(C([2H])([2H])C(C)(C)C(F)(F)F)cn2)cc1. The van der Waals surface area contributed by atoms with Gasteiger partial charge >= 0.3 is 6.18 Å². The lowest BCUT2D eigenvalue weighted by molar-refractivity contribution is -0.211. The molecule has 0 saturated carbocycles. The van der Waals surface area contributed by atoms with Gasteiger partial charge in [0.25, 0.3) is 0 Å². The summed E-state index contributed by atoms with van der Waals surface area (Å²) in [6, 6.07) is 8.67. The van der Waals surface area contributed by atoms with Gasteiger partial charge in [0.15, 0.2) is 0 Å². The van der Waals surface area contributed by atoms with Crippen LogP contribution in [0, 0.1) is 12.3 Å². The number of pyridine rings is 1. The van der Waals surface area contributed by atoms with Crippen molar-refractivity contribution in [2.24, 2.45) is 5.41 Å². The molecule has 0 aliphatic carbocycles. The fourth-order valence-electron chi connectivity index (χ4n) is 1.71. The summed E-state index contributed by atoms with van der Waals surface area (Å²) in [6.07, 6.45) is -6.30. The first-order valence-electron chi connectivity index (χ1n) is 8.82. The highest BCUT2D eigenvalue weighted by atomic mass is 19.4. The molecule has 0 bridgehead atoms. The Hall–Kier alpha value is -1.84. The van der Waals surface area contributed by atoms with Crippen LogP contribution in [0.5, 0.6) is 0 Å². The third kappa shape index (κ3) is 3.63. The van der Waals surface area contributed by atoms with Gasteiger partial charge in [0, 0.05) is 18.6 Å². The molecule has 21 heavy (non-hydrogen) atoms. The second-order valence-electron chi connectivity index (χ2n) is 5.26. The number of hydrogen-bond donors (Lipinski definition) is 0. The maximum absolute atomic E-state index is 13.2. The molecule has 2 rings (SSSR count). The van der Waals surface area contributed by atoms with Gasteiger partial charge in [0.1, 0.15) is 0 Å². The molecule has 0 atom stereocenters. The highest BCUT2D eigenvalue weighted by Crippen LogP contribution is 2.40. The first-order valence-corrected chi connectivity index (χ1v) is 6.32. The van der Waals surface area contributed by atoms with E-state index in [1.54, 1.807) is 12.1 Å². The lowest BCUT2D eigenvalue weighted by Crippen LogP contribution is -2.34. The molecule has 0 spiro atoms. The van der Waals surface area contributed by atoms with Crippen molar-refractivity contribution in [3.63, 3.8) is 0 Å². The van der Waals surface area contributed by atoms with Crippen LogP contribution in [0.1, 0.15) is 31.8 Å². The molecular formula is C17H18F3N. The molecule has 1 aromatic heterocycles. The van der Waals surface area contributed by atoms with Crippen LogP contribution in [0.25, 0.3) is 11.3 Å². The zero-order chi connectivity index (χ0) is 20.0. The lowest BCUT2D eigenvalue weighted by Gasteiger charge is -2.27. The molecule has 1 aromatic carbocycles. The number of nitrogens with zero attached hydrogens (tertiary/aromatic N) is 1. The number of alkyl halides is 3. The predicted molar refractivity (Wildman–Crippen MR) is 78.0 cm³/mol. The average molecular weight is 298 g/mol. The summed E-state index contributed by atoms with van der Waals surface area (Å²) < 4.78 is 77.5. The van der Waals surface area contributed by atoms with Crippen LogP contribution in [0.15, 0.2) is 42.6 Å². The van der Waals surface area contributed by atoms with E-state index in [0.717, 1.165) is 20.0 Å². The van der Waals surface area contributed by atoms with E-state index in [1.165, 1.54) is 24.3 Å². The summed E-state index contributed by atoms with van der Waals surface area (Å²) in [6.45, 7) is -0.599. The Morgan fingerprint density at radius 1 is 1.10 bits per heavy atom. The van der Waals surface area contributed by atoms with E-state index in [0.29, 0.717) is 11.3 Å². The van der Waals surface area contributed by atoms with Crippen molar-refractivity contribution in [3.8, 4) is 11.3 Å². The fraction of sp³-hybridized carbons (Fsp3) is 0.353. The minimum Gasteiger partial charge on any atom is -0.256 e. The van der Waals surface area contributed by atoms with Gasteiger partial charge in [-0.1, -0.05) is 49.7 Å². The Kier molecular flexibility index (Phi) is 2.62. The smallest absolute Gasteiger partial charge is 0.256 e. The number of aromatic nitrogens is 1. The van der Waals surface area contributed by atoms with Gasteiger partial charge in [-0.05, 0) is 24.9 Å². The van der Waals surface area contributed by atoms with Crippen molar-refractivity contribution in [2.45, 2.75) is 33.2 Å². The van der Waals surface area contributed by atoms with Gasteiger partial charge in [0.05, 0.1) is 11.1 Å². The van der Waals surface area contributed by atoms with E-state index in [2.05, 4.69) is 4.98 Å². The van der Waals surface area contributed by atoms with Crippen molar-refractivity contribution >= 4 is 0 Å². The summed E-state index contributed by atoms with van der Waals surface area (Å²) >= 11 is 0. The molecular weight excluding hydrogens is 275 g/mol. The Morgan fingerprint density at radius 2 is 1.76 bits per heavy atom. The van der Waals surface area contributed by atoms with Crippen molar-refractivity contribution in [2.75, 3.05) is 0 Å². The maximum Gasteiger partial charge on any atom is 0.394 e. The van der Waals surface area contributed by atoms with Gasteiger partial charge < -0.3 is 0 Å². The monoisotopic (exact) mass is 298 g/mol. The fourth-order valence-corrected chi connectivity index (χ4v) is 1.71. The largest absolute Gasteiger partial charge is 0.394 e. The molecule has 0 saturated heterocycles. The Labute approximate surface area is 129 Å². The summed E-state index contributed by atoms with van der Waals surface area (Å²) in [5, 5.41) is 0. The van der Waals surface area contributed by atoms with Gasteiger partial charge in [-0.25, -0.2) is 0 Å². The normalized spacial score (nSPS) is 17.3. The second-order valence-corrected chi connectivity index (χ2v) is 5.26. The van der Waals surface area contributed by atoms with Crippen molar-refractivity contribution in [1.82, 2.24) is 4.98 Å². The molecule has 112 valence electrons. The Morgan fingerprint density at radius 3 is 2.24 bits per heavy atom. The molecule has 0 aliphatic heterocycles. The van der Waals surface area contributed by atoms with E-state index < -0.39 is 24.8 Å². The van der Waals surface area contributed by atoms with Crippen LogP contribution in [-0.2, 0) is 6.37 Å². The molecule has 1 nitrogen and oxygen atoms in total. The average Bonchev–Trinajstić information content (AvgIpc) is 2.53. The number of aryl methyl sites for hydroxylation is 1. The zero-order valence-electron chi connectivity index (χ0n) is 16.6. The van der Waals surface area contributed by atoms with E-state index in [1.807, 2.05) is 0 Å². The molecule has 2 aromatic rings. The van der Waals surface area contributed by atoms with Crippen molar-refractivity contribution in [3.05, 3.63) is 53.7 Å². The number of halogens is 3. The van der Waals surface area contributed by atoms with Gasteiger partial charge in [-0.3, -0.25) is 4.98 Å². The highest BCUT2D eigenvalue weighted by molar-refractivity contribution is 5.59. The lowest BCUT2D eigenvalue weighted by atomic mass is 9.85. The topological polar surface area (TPSA) is 12.9 Å². The summed E-state index contributed by atoms with van der Waals surface area (Å²) in [7, 11) is 0. The second kappa shape index (κ2) is 5.51. The van der Waals surface area contributed by atoms with Crippen LogP contribution in [0.4, 0.5) is 13.2 Å². The van der Waals surface area contributed by atoms with E-state index in [-0.39, 0.29) is 11.1 Å². The molecule has 0 amide bonds. The zero-order valence-corrected chi connectivity index (χ0v) is 11.6. The minimum absolute atomic E-state index is 0.168. The molecule has 0 aliphatic rings. The van der Waals surface area contributed by atoms with E-state index in [4.69, 9.17) is 6.85 Å².